The average Bonchev–Trinajstić information content (AvgIpc) is 2.75. The van der Waals surface area contributed by atoms with E-state index in [2.05, 4.69) is 0 Å². The lowest BCUT2D eigenvalue weighted by Crippen LogP contribution is -2.49. The molecule has 1 amide bonds. The highest BCUT2D eigenvalue weighted by molar-refractivity contribution is 5.74. The molecule has 1 saturated heterocycles. The van der Waals surface area contributed by atoms with Crippen LogP contribution in [0, 0.1) is 5.92 Å². The minimum absolute atomic E-state index is 0.268. The van der Waals surface area contributed by atoms with Gasteiger partial charge in [0.15, 0.2) is 0 Å². The van der Waals surface area contributed by atoms with Gasteiger partial charge in [-0.05, 0) is 41.0 Å². The number of esters is 1. The van der Waals surface area contributed by atoms with Crippen LogP contribution < -0.4 is 0 Å². The molecule has 1 aliphatic rings. The maximum Gasteiger partial charge on any atom is 0.413 e. The van der Waals surface area contributed by atoms with Crippen LogP contribution in [0.5, 0.6) is 0 Å². The molecule has 0 aromatic rings. The molecule has 1 rings (SSSR count). The second-order valence-electron chi connectivity index (χ2n) is 7.48. The maximum atomic E-state index is 12.5. The van der Waals surface area contributed by atoms with Gasteiger partial charge < -0.3 is 14.2 Å². The molecule has 0 bridgehead atoms. The van der Waals surface area contributed by atoms with Crippen LogP contribution in [0.2, 0.25) is 0 Å². The van der Waals surface area contributed by atoms with Gasteiger partial charge in [0.1, 0.15) is 11.3 Å². The lowest BCUT2D eigenvalue weighted by Gasteiger charge is -2.34. The van der Waals surface area contributed by atoms with Gasteiger partial charge in [0.2, 0.25) is 0 Å². The normalized spacial score (nSPS) is 21.8. The Hall–Kier alpha value is -1.56. The molecule has 0 saturated carbocycles. The maximum absolute atomic E-state index is 12.5. The van der Waals surface area contributed by atoms with Crippen molar-refractivity contribution >= 4 is 12.1 Å². The molecule has 0 N–H and O–H groups in total. The molecule has 0 radical (unpaired) electrons. The van der Waals surface area contributed by atoms with E-state index in [9.17, 15) is 9.59 Å². The lowest BCUT2D eigenvalue weighted by molar-refractivity contribution is -0.143. The zero-order chi connectivity index (χ0) is 18.5. The minimum Gasteiger partial charge on any atom is -0.469 e. The summed E-state index contributed by atoms with van der Waals surface area (Å²) in [5, 5.41) is 0. The number of hydrogen-bond acceptors (Lipinski definition) is 5. The van der Waals surface area contributed by atoms with E-state index in [4.69, 9.17) is 14.2 Å². The van der Waals surface area contributed by atoms with Crippen molar-refractivity contribution in [1.82, 2.24) is 4.90 Å². The Morgan fingerprint density at radius 3 is 2.50 bits per heavy atom. The van der Waals surface area contributed by atoms with Gasteiger partial charge in [-0.25, -0.2) is 4.79 Å². The van der Waals surface area contributed by atoms with E-state index in [0.717, 1.165) is 6.42 Å². The highest BCUT2D eigenvalue weighted by Gasteiger charge is 2.44. The smallest absolute Gasteiger partial charge is 0.413 e. The van der Waals surface area contributed by atoms with Crippen LogP contribution in [-0.2, 0) is 19.0 Å². The molecular weight excluding hydrogens is 310 g/mol. The molecule has 1 fully saturated rings. The van der Waals surface area contributed by atoms with Crippen LogP contribution in [0.25, 0.3) is 0 Å². The molecule has 1 heterocycles. The molecule has 6 nitrogen and oxygen atoms in total. The van der Waals surface area contributed by atoms with Crippen LogP contribution in [-0.4, -0.2) is 48.0 Å². The summed E-state index contributed by atoms with van der Waals surface area (Å²) in [5.74, 6) is -0.584. The summed E-state index contributed by atoms with van der Waals surface area (Å²) in [6.45, 7) is 11.5. The molecule has 0 aromatic carbocycles. The van der Waals surface area contributed by atoms with Crippen molar-refractivity contribution in [2.45, 2.75) is 71.8 Å². The monoisotopic (exact) mass is 341 g/mol. The summed E-state index contributed by atoms with van der Waals surface area (Å²) < 4.78 is 16.1. The summed E-state index contributed by atoms with van der Waals surface area (Å²) in [6, 6.07) is -0.279. The Labute approximate surface area is 145 Å². The number of nitrogens with zero attached hydrogens (tertiary/aromatic N) is 1. The summed E-state index contributed by atoms with van der Waals surface area (Å²) >= 11 is 0. The van der Waals surface area contributed by atoms with Crippen LogP contribution in [0.4, 0.5) is 4.79 Å². The Kier molecular flexibility index (Phi) is 6.84. The predicted molar refractivity (Wildman–Crippen MR) is 91.4 cm³/mol. The van der Waals surface area contributed by atoms with Crippen molar-refractivity contribution in [2.24, 2.45) is 5.92 Å². The van der Waals surface area contributed by atoms with Crippen molar-refractivity contribution < 1.29 is 23.8 Å². The largest absolute Gasteiger partial charge is 0.469 e. The van der Waals surface area contributed by atoms with Crippen molar-refractivity contribution in [2.75, 3.05) is 13.7 Å². The van der Waals surface area contributed by atoms with Crippen LogP contribution in [0.15, 0.2) is 12.2 Å². The Morgan fingerprint density at radius 1 is 1.38 bits per heavy atom. The molecule has 1 aliphatic heterocycles. The second-order valence-corrected chi connectivity index (χ2v) is 7.48. The van der Waals surface area contributed by atoms with Gasteiger partial charge in [0, 0.05) is 0 Å². The van der Waals surface area contributed by atoms with E-state index < -0.39 is 17.4 Å². The SMILES string of the molecule is CCC[C@@H](/C=C/[C@@H]1COC(C)(C)N1C(=O)OC(C)(C)C)C(=O)OC. The first-order valence-electron chi connectivity index (χ1n) is 8.44. The third-order valence-electron chi connectivity index (χ3n) is 3.78. The van der Waals surface area contributed by atoms with Crippen molar-refractivity contribution in [3.63, 3.8) is 0 Å². The molecule has 0 unspecified atom stereocenters. The van der Waals surface area contributed by atoms with Gasteiger partial charge in [-0.1, -0.05) is 25.5 Å². The first-order valence-corrected chi connectivity index (χ1v) is 8.44. The third-order valence-corrected chi connectivity index (χ3v) is 3.78. The lowest BCUT2D eigenvalue weighted by atomic mass is 10.0. The quantitative estimate of drug-likeness (QED) is 0.565. The molecule has 0 aromatic heterocycles. The number of carbonyl (C=O) groups excluding carboxylic acids is 2. The van der Waals surface area contributed by atoms with E-state index in [0.29, 0.717) is 13.0 Å². The molecule has 2 atom stereocenters. The summed E-state index contributed by atoms with van der Waals surface area (Å²) in [4.78, 5) is 26.0. The molecular formula is C18H31NO5. The molecule has 0 spiro atoms. The van der Waals surface area contributed by atoms with E-state index in [1.807, 2.05) is 53.7 Å². The van der Waals surface area contributed by atoms with Gasteiger partial charge in [0.25, 0.3) is 0 Å². The Morgan fingerprint density at radius 2 is 2.00 bits per heavy atom. The summed E-state index contributed by atoms with van der Waals surface area (Å²) in [5.41, 5.74) is -1.34. The fraction of sp³-hybridized carbons (Fsp3) is 0.778. The van der Waals surface area contributed by atoms with Crippen LogP contribution >= 0.6 is 0 Å². The van der Waals surface area contributed by atoms with Gasteiger partial charge in [-0.2, -0.15) is 0 Å². The number of ether oxygens (including phenoxy) is 3. The highest BCUT2D eigenvalue weighted by atomic mass is 16.6. The van der Waals surface area contributed by atoms with E-state index in [-0.39, 0.29) is 17.9 Å². The van der Waals surface area contributed by atoms with Crippen LogP contribution in [0.1, 0.15) is 54.4 Å². The fourth-order valence-electron chi connectivity index (χ4n) is 2.66. The molecule has 6 heteroatoms. The Balaban J connectivity index is 2.93. The van der Waals surface area contributed by atoms with Crippen molar-refractivity contribution in [1.29, 1.82) is 0 Å². The number of rotatable bonds is 5. The van der Waals surface area contributed by atoms with Gasteiger partial charge in [-0.15, -0.1) is 0 Å². The molecule has 138 valence electrons. The number of methoxy groups -OCH3 is 1. The standard InChI is InChI=1S/C18H31NO5/c1-8-9-13(15(20)22-7)10-11-14-12-23-18(5,6)19(14)16(21)24-17(2,3)4/h10-11,13-14H,8-9,12H2,1-7H3/b11-10+/t13-,14+/m0/s1. The first-order chi connectivity index (χ1) is 11.0. The summed E-state index contributed by atoms with van der Waals surface area (Å²) in [6.07, 6.45) is 4.79. The second kappa shape index (κ2) is 8.01. The average molecular weight is 341 g/mol. The minimum atomic E-state index is -0.761. The number of hydrogen-bond donors (Lipinski definition) is 0. The van der Waals surface area contributed by atoms with Gasteiger partial charge >= 0.3 is 12.1 Å². The molecule has 24 heavy (non-hydrogen) atoms. The zero-order valence-electron chi connectivity index (χ0n) is 15.9. The van der Waals surface area contributed by atoms with E-state index in [1.54, 1.807) is 4.90 Å². The Bertz CT molecular complexity index is 478. The topological polar surface area (TPSA) is 65.1 Å². The number of carbonyl (C=O) groups is 2. The number of amides is 1. The third kappa shape index (κ3) is 5.51. The first kappa shape index (κ1) is 20.5. The highest BCUT2D eigenvalue weighted by Crippen LogP contribution is 2.30. The fourth-order valence-corrected chi connectivity index (χ4v) is 2.66. The van der Waals surface area contributed by atoms with Gasteiger partial charge in [0.05, 0.1) is 25.7 Å². The van der Waals surface area contributed by atoms with Crippen molar-refractivity contribution in [3.8, 4) is 0 Å². The summed E-state index contributed by atoms with van der Waals surface area (Å²) in [7, 11) is 1.38. The predicted octanol–water partition coefficient (Wildman–Crippen LogP) is 3.50. The van der Waals surface area contributed by atoms with Crippen molar-refractivity contribution in [3.05, 3.63) is 12.2 Å². The zero-order valence-corrected chi connectivity index (χ0v) is 15.9. The van der Waals surface area contributed by atoms with Crippen LogP contribution in [0.3, 0.4) is 0 Å². The van der Waals surface area contributed by atoms with Gasteiger partial charge in [-0.3, -0.25) is 9.69 Å². The van der Waals surface area contributed by atoms with E-state index >= 15 is 0 Å². The van der Waals surface area contributed by atoms with E-state index in [1.165, 1.54) is 7.11 Å². The molecule has 0 aliphatic carbocycles.